The molecule has 0 bridgehead atoms. The molecule has 2 aliphatic heterocycles. The van der Waals surface area contributed by atoms with Crippen molar-refractivity contribution < 1.29 is 22.7 Å². The Hall–Kier alpha value is -4.42. The van der Waals surface area contributed by atoms with Gasteiger partial charge in [0.1, 0.15) is 5.75 Å². The third-order valence-corrected chi connectivity index (χ3v) is 14.7. The normalized spacial score (nSPS) is 20.7. The number of ether oxygens (including phenoxy) is 1. The Morgan fingerprint density at radius 1 is 0.912 bits per heavy atom. The summed E-state index contributed by atoms with van der Waals surface area (Å²) in [6, 6.07) is 12.5. The maximum absolute atomic E-state index is 15.1. The molecular weight excluding hydrogens is 737 g/mol. The fourth-order valence-corrected chi connectivity index (χ4v) is 9.93. The van der Waals surface area contributed by atoms with E-state index in [2.05, 4.69) is 71.8 Å². The predicted molar refractivity (Wildman–Crippen MR) is 226 cm³/mol. The van der Waals surface area contributed by atoms with Gasteiger partial charge in [-0.2, -0.15) is 5.10 Å². The number of sulfonamides is 1. The first kappa shape index (κ1) is 39.4. The van der Waals surface area contributed by atoms with Gasteiger partial charge in [-0.1, -0.05) is 39.2 Å². The lowest BCUT2D eigenvalue weighted by molar-refractivity contribution is 0.0412. The quantitative estimate of drug-likeness (QED) is 0.182. The van der Waals surface area contributed by atoms with Gasteiger partial charge in [0.2, 0.25) is 10.0 Å². The van der Waals surface area contributed by atoms with Crippen molar-refractivity contribution in [1.82, 2.24) is 28.9 Å². The molecule has 4 aliphatic rings. The number of carbonyl (C=O) groups excluding carboxylic acids is 2. The summed E-state index contributed by atoms with van der Waals surface area (Å²) in [6.45, 7) is 13.4. The molecular formula is C45H58N6O5S. The SMILES string of the molecule is COc1ccc2c(c1)C=C(c1c(C(=O)N3C[C@@H](C)N(C)[C@@H](C)C3)c(C(C)C)nn1C1CC1)Cn1c-2c(C2CCCCC2)c2ccc(C(=O)NS(=O)(=O)C(C)C)cc21. The monoisotopic (exact) mass is 794 g/mol. The van der Waals surface area contributed by atoms with Crippen LogP contribution in [0.5, 0.6) is 5.75 Å². The van der Waals surface area contributed by atoms with Crippen LogP contribution in [-0.2, 0) is 16.6 Å². The number of piperazine rings is 1. The summed E-state index contributed by atoms with van der Waals surface area (Å²) in [6.07, 6.45) is 9.89. The third kappa shape index (κ3) is 7.11. The highest BCUT2D eigenvalue weighted by molar-refractivity contribution is 7.90. The molecule has 4 heterocycles. The fraction of sp³-hybridized carbons (Fsp3) is 0.533. The van der Waals surface area contributed by atoms with Crippen LogP contribution in [0.3, 0.4) is 0 Å². The Balaban J connectivity index is 1.38. The van der Waals surface area contributed by atoms with E-state index in [1.165, 1.54) is 12.0 Å². The van der Waals surface area contributed by atoms with Gasteiger partial charge in [0.15, 0.2) is 0 Å². The summed E-state index contributed by atoms with van der Waals surface area (Å²) < 4.78 is 38.3. The van der Waals surface area contributed by atoms with Crippen molar-refractivity contribution >= 4 is 44.4 Å². The number of methoxy groups -OCH3 is 1. The number of likely N-dealkylation sites (N-methyl/N-ethyl adjacent to an activating group) is 1. The Morgan fingerprint density at radius 2 is 1.61 bits per heavy atom. The maximum atomic E-state index is 15.1. The van der Waals surface area contributed by atoms with Gasteiger partial charge in [-0.25, -0.2) is 13.1 Å². The van der Waals surface area contributed by atoms with E-state index in [0.29, 0.717) is 31.1 Å². The molecule has 0 unspecified atom stereocenters. The van der Waals surface area contributed by atoms with Crippen molar-refractivity contribution in [2.24, 2.45) is 0 Å². The van der Waals surface area contributed by atoms with Gasteiger partial charge in [-0.3, -0.25) is 19.2 Å². The van der Waals surface area contributed by atoms with Crippen LogP contribution >= 0.6 is 0 Å². The molecule has 0 radical (unpaired) electrons. The van der Waals surface area contributed by atoms with Gasteiger partial charge in [-0.05, 0) is 125 Å². The molecule has 4 aromatic rings. The highest BCUT2D eigenvalue weighted by atomic mass is 32.2. The first-order valence-electron chi connectivity index (χ1n) is 20.9. The van der Waals surface area contributed by atoms with Crippen LogP contribution in [0, 0.1) is 0 Å². The van der Waals surface area contributed by atoms with Crippen molar-refractivity contribution in [2.45, 2.75) is 128 Å². The van der Waals surface area contributed by atoms with E-state index in [4.69, 9.17) is 9.84 Å². The number of nitrogens with zero attached hydrogens (tertiary/aromatic N) is 5. The average molecular weight is 795 g/mol. The second-order valence-electron chi connectivity index (χ2n) is 17.6. The van der Waals surface area contributed by atoms with E-state index in [-0.39, 0.29) is 35.5 Å². The lowest BCUT2D eigenvalue weighted by atomic mass is 9.81. The van der Waals surface area contributed by atoms with Gasteiger partial charge < -0.3 is 14.2 Å². The number of aromatic nitrogens is 3. The minimum Gasteiger partial charge on any atom is -0.497 e. The Bertz CT molecular complexity index is 2370. The van der Waals surface area contributed by atoms with Crippen LogP contribution in [0.1, 0.15) is 148 Å². The molecule has 12 heteroatoms. The van der Waals surface area contributed by atoms with Crippen molar-refractivity contribution in [2.75, 3.05) is 27.2 Å². The van der Waals surface area contributed by atoms with Gasteiger partial charge in [0, 0.05) is 47.2 Å². The zero-order valence-electron chi connectivity index (χ0n) is 34.8. The van der Waals surface area contributed by atoms with Crippen molar-refractivity contribution in [1.29, 1.82) is 0 Å². The first-order valence-corrected chi connectivity index (χ1v) is 22.5. The Labute approximate surface area is 337 Å². The van der Waals surface area contributed by atoms with E-state index in [9.17, 15) is 13.2 Å². The van der Waals surface area contributed by atoms with Gasteiger partial charge in [-0.15, -0.1) is 0 Å². The van der Waals surface area contributed by atoms with E-state index in [1.54, 1.807) is 27.0 Å². The maximum Gasteiger partial charge on any atom is 0.264 e. The van der Waals surface area contributed by atoms with Crippen molar-refractivity contribution in [3.8, 4) is 17.0 Å². The summed E-state index contributed by atoms with van der Waals surface area (Å²) in [7, 11) is -0.0261. The molecule has 2 amide bonds. The van der Waals surface area contributed by atoms with Gasteiger partial charge >= 0.3 is 0 Å². The van der Waals surface area contributed by atoms with Crippen molar-refractivity contribution in [3.63, 3.8) is 0 Å². The molecule has 304 valence electrons. The second-order valence-corrected chi connectivity index (χ2v) is 19.8. The lowest BCUT2D eigenvalue weighted by Gasteiger charge is -2.42. The minimum atomic E-state index is -3.85. The number of fused-ring (bicyclic) bond motifs is 5. The molecule has 2 atom stereocenters. The number of hydrogen-bond donors (Lipinski definition) is 1. The number of hydrogen-bond acceptors (Lipinski definition) is 7. The molecule has 2 aromatic carbocycles. The minimum absolute atomic E-state index is 0.0211. The molecule has 1 N–H and O–H groups in total. The molecule has 57 heavy (non-hydrogen) atoms. The topological polar surface area (TPSA) is 119 Å². The largest absolute Gasteiger partial charge is 0.497 e. The molecule has 11 nitrogen and oxygen atoms in total. The lowest BCUT2D eigenvalue weighted by Crippen LogP contribution is -2.56. The molecule has 1 saturated heterocycles. The summed E-state index contributed by atoms with van der Waals surface area (Å²) in [5.74, 6) is 0.459. The standard InChI is InChI=1S/C45H58N6O5S/c1-26(2)41-40(45(53)49-23-28(5)48(7)29(6)24-49)42(51(46-41)34-15-16-34)33-20-32-21-35(56-8)17-19-36(32)43-39(30-12-10-9-11-13-30)37-18-14-31(22-38(37)50(43)25-33)44(52)47-57(54,55)27(3)4/h14,17-22,26-30,34H,9-13,15-16,23-25H2,1-8H3,(H,47,52)/t28-,29+. The van der Waals surface area contributed by atoms with Crippen LogP contribution in [0.4, 0.5) is 0 Å². The number of carbonyl (C=O) groups is 2. The van der Waals surface area contributed by atoms with E-state index >= 15 is 4.79 Å². The zero-order chi connectivity index (χ0) is 40.5. The number of nitrogens with one attached hydrogen (secondary N) is 1. The average Bonchev–Trinajstić information content (AvgIpc) is 3.91. The molecule has 8 rings (SSSR count). The van der Waals surface area contributed by atoms with Crippen LogP contribution in [0.2, 0.25) is 0 Å². The van der Waals surface area contributed by atoms with E-state index in [0.717, 1.165) is 89.0 Å². The third-order valence-electron chi connectivity index (χ3n) is 12.9. The molecule has 2 aromatic heterocycles. The highest BCUT2D eigenvalue weighted by Crippen LogP contribution is 2.49. The molecule has 0 spiro atoms. The number of benzene rings is 2. The van der Waals surface area contributed by atoms with Gasteiger partial charge in [0.25, 0.3) is 11.8 Å². The zero-order valence-corrected chi connectivity index (χ0v) is 35.6. The second kappa shape index (κ2) is 15.1. The van der Waals surface area contributed by atoms with E-state index in [1.807, 2.05) is 23.1 Å². The Kier molecular flexibility index (Phi) is 10.4. The highest BCUT2D eigenvalue weighted by Gasteiger charge is 2.39. The summed E-state index contributed by atoms with van der Waals surface area (Å²) in [4.78, 5) is 33.2. The number of allylic oxidation sites excluding steroid dienone is 1. The van der Waals surface area contributed by atoms with Crippen LogP contribution in [0.15, 0.2) is 36.4 Å². The molecule has 2 saturated carbocycles. The number of rotatable bonds is 9. The summed E-state index contributed by atoms with van der Waals surface area (Å²) in [5.41, 5.74) is 8.92. The van der Waals surface area contributed by atoms with Gasteiger partial charge in [0.05, 0.1) is 47.6 Å². The Morgan fingerprint density at radius 3 is 2.25 bits per heavy atom. The van der Waals surface area contributed by atoms with Crippen LogP contribution < -0.4 is 9.46 Å². The smallest absolute Gasteiger partial charge is 0.264 e. The van der Waals surface area contributed by atoms with Crippen LogP contribution in [-0.4, -0.2) is 89.0 Å². The van der Waals surface area contributed by atoms with E-state index < -0.39 is 21.2 Å². The molecule has 3 fully saturated rings. The summed E-state index contributed by atoms with van der Waals surface area (Å²) >= 11 is 0. The predicted octanol–water partition coefficient (Wildman–Crippen LogP) is 8.21. The fourth-order valence-electron chi connectivity index (χ4n) is 9.32. The number of amides is 2. The first-order chi connectivity index (χ1) is 27.2. The van der Waals surface area contributed by atoms with Crippen LogP contribution in [0.25, 0.3) is 33.8 Å². The summed E-state index contributed by atoms with van der Waals surface area (Å²) in [5, 5.41) is 5.61. The molecule has 2 aliphatic carbocycles. The van der Waals surface area contributed by atoms with Crippen molar-refractivity contribution in [3.05, 3.63) is 70.0 Å².